The second-order valence-electron chi connectivity index (χ2n) is 3.33. The van der Waals surface area contributed by atoms with Crippen molar-refractivity contribution in [2.75, 3.05) is 13.2 Å². The molecule has 0 fully saturated rings. The van der Waals surface area contributed by atoms with Gasteiger partial charge in [-0.25, -0.2) is 4.39 Å². The quantitative estimate of drug-likeness (QED) is 0.831. The van der Waals surface area contributed by atoms with Gasteiger partial charge in [-0.2, -0.15) is 0 Å². The predicted octanol–water partition coefficient (Wildman–Crippen LogP) is 2.25. The number of carboxylic acids is 1. The van der Waals surface area contributed by atoms with E-state index in [0.29, 0.717) is 19.0 Å². The first-order valence-electron chi connectivity index (χ1n) is 5.38. The Morgan fingerprint density at radius 3 is 2.47 bits per heavy atom. The van der Waals surface area contributed by atoms with Crippen LogP contribution in [0.3, 0.4) is 0 Å². The molecule has 0 aliphatic carbocycles. The molecule has 0 heterocycles. The van der Waals surface area contributed by atoms with Gasteiger partial charge in [0.25, 0.3) is 0 Å². The molecule has 0 atom stereocenters. The molecule has 1 rings (SSSR count). The van der Waals surface area contributed by atoms with E-state index in [2.05, 4.69) is 0 Å². The van der Waals surface area contributed by atoms with Crippen molar-refractivity contribution in [3.05, 3.63) is 23.5 Å². The minimum absolute atomic E-state index is 0.0229. The van der Waals surface area contributed by atoms with Crippen LogP contribution in [-0.4, -0.2) is 24.3 Å². The number of carboxylic acid groups (broad SMARTS) is 1. The summed E-state index contributed by atoms with van der Waals surface area (Å²) < 4.78 is 24.1. The van der Waals surface area contributed by atoms with E-state index in [1.54, 1.807) is 13.8 Å². The van der Waals surface area contributed by atoms with Crippen LogP contribution in [0.5, 0.6) is 11.5 Å². The number of ether oxygens (including phenoxy) is 2. The van der Waals surface area contributed by atoms with Gasteiger partial charge in [0.05, 0.1) is 19.6 Å². The second kappa shape index (κ2) is 6.08. The van der Waals surface area contributed by atoms with Gasteiger partial charge in [-0.15, -0.1) is 0 Å². The Morgan fingerprint density at radius 1 is 1.29 bits per heavy atom. The summed E-state index contributed by atoms with van der Waals surface area (Å²) in [5.74, 6) is -1.30. The summed E-state index contributed by atoms with van der Waals surface area (Å²) in [6.07, 6.45) is -0.396. The summed E-state index contributed by atoms with van der Waals surface area (Å²) >= 11 is 0. The maximum atomic E-state index is 13.8. The van der Waals surface area contributed by atoms with E-state index >= 15 is 0 Å². The summed E-state index contributed by atoms with van der Waals surface area (Å²) in [4.78, 5) is 10.6. The van der Waals surface area contributed by atoms with Gasteiger partial charge in [0.1, 0.15) is 5.75 Å². The van der Waals surface area contributed by atoms with E-state index < -0.39 is 18.2 Å². The standard InChI is InChI=1S/C12H15FO4/c1-3-16-9-5-8(6-11(14)15)12(13)10(7-9)17-4-2/h5,7H,3-4,6H2,1-2H3,(H,14,15). The number of halogens is 1. The van der Waals surface area contributed by atoms with E-state index in [4.69, 9.17) is 14.6 Å². The van der Waals surface area contributed by atoms with Crippen LogP contribution in [-0.2, 0) is 11.2 Å². The first-order valence-corrected chi connectivity index (χ1v) is 5.38. The molecule has 4 nitrogen and oxygen atoms in total. The molecule has 0 unspecified atom stereocenters. The van der Waals surface area contributed by atoms with Crippen LogP contribution >= 0.6 is 0 Å². The highest BCUT2D eigenvalue weighted by Gasteiger charge is 2.15. The van der Waals surface area contributed by atoms with Gasteiger partial charge in [-0.1, -0.05) is 0 Å². The van der Waals surface area contributed by atoms with E-state index in [0.717, 1.165) is 0 Å². The number of carbonyl (C=O) groups is 1. The zero-order valence-corrected chi connectivity index (χ0v) is 9.83. The average Bonchev–Trinajstić information content (AvgIpc) is 2.24. The molecule has 0 aliphatic heterocycles. The Morgan fingerprint density at radius 2 is 1.94 bits per heavy atom. The third-order valence-electron chi connectivity index (χ3n) is 2.04. The number of rotatable bonds is 6. The van der Waals surface area contributed by atoms with Crippen molar-refractivity contribution in [2.24, 2.45) is 0 Å². The second-order valence-corrected chi connectivity index (χ2v) is 3.33. The van der Waals surface area contributed by atoms with Crippen LogP contribution in [0.4, 0.5) is 4.39 Å². The Labute approximate surface area is 99.0 Å². The Hall–Kier alpha value is -1.78. The highest BCUT2D eigenvalue weighted by molar-refractivity contribution is 5.70. The topological polar surface area (TPSA) is 55.8 Å². The van der Waals surface area contributed by atoms with Crippen LogP contribution in [0.1, 0.15) is 19.4 Å². The molecule has 0 spiro atoms. The van der Waals surface area contributed by atoms with Crippen molar-refractivity contribution < 1.29 is 23.8 Å². The zero-order chi connectivity index (χ0) is 12.8. The predicted molar refractivity (Wildman–Crippen MR) is 60.1 cm³/mol. The lowest BCUT2D eigenvalue weighted by Gasteiger charge is -2.11. The van der Waals surface area contributed by atoms with Gasteiger partial charge >= 0.3 is 5.97 Å². The van der Waals surface area contributed by atoms with Crippen molar-refractivity contribution >= 4 is 5.97 Å². The van der Waals surface area contributed by atoms with Crippen molar-refractivity contribution in [1.82, 2.24) is 0 Å². The van der Waals surface area contributed by atoms with E-state index in [1.807, 2.05) is 0 Å². The van der Waals surface area contributed by atoms with Crippen molar-refractivity contribution in [3.63, 3.8) is 0 Å². The summed E-state index contributed by atoms with van der Waals surface area (Å²) in [5, 5.41) is 8.68. The van der Waals surface area contributed by atoms with E-state index in [-0.39, 0.29) is 11.3 Å². The third-order valence-corrected chi connectivity index (χ3v) is 2.04. The monoisotopic (exact) mass is 242 g/mol. The Balaban J connectivity index is 3.12. The molecule has 0 aliphatic rings. The van der Waals surface area contributed by atoms with Crippen molar-refractivity contribution in [1.29, 1.82) is 0 Å². The zero-order valence-electron chi connectivity index (χ0n) is 9.83. The molecule has 1 aromatic rings. The fourth-order valence-corrected chi connectivity index (χ4v) is 1.43. The van der Waals surface area contributed by atoms with Gasteiger partial charge < -0.3 is 14.6 Å². The lowest BCUT2D eigenvalue weighted by atomic mass is 10.1. The molecule has 0 saturated carbocycles. The highest BCUT2D eigenvalue weighted by atomic mass is 19.1. The normalized spacial score (nSPS) is 10.1. The summed E-state index contributed by atoms with van der Waals surface area (Å²) in [5.41, 5.74) is 0.0619. The average molecular weight is 242 g/mol. The van der Waals surface area contributed by atoms with E-state index in [9.17, 15) is 9.18 Å². The molecule has 94 valence electrons. The van der Waals surface area contributed by atoms with Crippen LogP contribution in [0.25, 0.3) is 0 Å². The van der Waals surface area contributed by atoms with Gasteiger partial charge in [-0.3, -0.25) is 4.79 Å². The van der Waals surface area contributed by atoms with E-state index in [1.165, 1.54) is 12.1 Å². The highest BCUT2D eigenvalue weighted by Crippen LogP contribution is 2.28. The van der Waals surface area contributed by atoms with Crippen LogP contribution in [0, 0.1) is 5.82 Å². The Bertz CT molecular complexity index is 404. The summed E-state index contributed by atoms with van der Waals surface area (Å²) in [6.45, 7) is 4.24. The first kappa shape index (κ1) is 13.3. The molecule has 0 saturated heterocycles. The molecular formula is C12H15FO4. The molecule has 0 radical (unpaired) electrons. The number of benzene rings is 1. The first-order chi connectivity index (χ1) is 8.08. The molecule has 1 N–H and O–H groups in total. The fraction of sp³-hybridized carbons (Fsp3) is 0.417. The molecule has 0 aromatic heterocycles. The van der Waals surface area contributed by atoms with Crippen LogP contribution in [0.15, 0.2) is 12.1 Å². The minimum atomic E-state index is -1.10. The smallest absolute Gasteiger partial charge is 0.307 e. The lowest BCUT2D eigenvalue weighted by molar-refractivity contribution is -0.136. The number of hydrogen-bond acceptors (Lipinski definition) is 3. The number of aliphatic carboxylic acids is 1. The van der Waals surface area contributed by atoms with Gasteiger partial charge in [0, 0.05) is 11.6 Å². The molecule has 0 amide bonds. The summed E-state index contributed by atoms with van der Waals surface area (Å²) in [6, 6.07) is 2.81. The largest absolute Gasteiger partial charge is 0.494 e. The van der Waals surface area contributed by atoms with Gasteiger partial charge in [0.2, 0.25) is 0 Å². The van der Waals surface area contributed by atoms with Gasteiger partial charge in [-0.05, 0) is 19.9 Å². The third kappa shape index (κ3) is 3.62. The molecule has 0 bridgehead atoms. The Kier molecular flexibility index (Phi) is 4.75. The molecule has 5 heteroatoms. The van der Waals surface area contributed by atoms with Crippen molar-refractivity contribution in [2.45, 2.75) is 20.3 Å². The lowest BCUT2D eigenvalue weighted by Crippen LogP contribution is -2.06. The molecular weight excluding hydrogens is 227 g/mol. The maximum Gasteiger partial charge on any atom is 0.307 e. The van der Waals surface area contributed by atoms with Gasteiger partial charge in [0.15, 0.2) is 11.6 Å². The maximum absolute atomic E-state index is 13.8. The van der Waals surface area contributed by atoms with Crippen LogP contribution in [0.2, 0.25) is 0 Å². The number of hydrogen-bond donors (Lipinski definition) is 1. The summed E-state index contributed by atoms with van der Waals surface area (Å²) in [7, 11) is 0. The minimum Gasteiger partial charge on any atom is -0.494 e. The molecule has 1 aromatic carbocycles. The fourth-order valence-electron chi connectivity index (χ4n) is 1.43. The molecule has 17 heavy (non-hydrogen) atoms. The SMILES string of the molecule is CCOc1cc(CC(=O)O)c(F)c(OCC)c1. The van der Waals surface area contributed by atoms with Crippen LogP contribution < -0.4 is 9.47 Å². The van der Waals surface area contributed by atoms with Crippen molar-refractivity contribution in [3.8, 4) is 11.5 Å².